The zero-order chi connectivity index (χ0) is 27.5. The van der Waals surface area contributed by atoms with E-state index in [0.29, 0.717) is 37.6 Å². The maximum atomic E-state index is 12.8. The summed E-state index contributed by atoms with van der Waals surface area (Å²) in [7, 11) is 0. The maximum Gasteiger partial charge on any atom is 0.331 e. The van der Waals surface area contributed by atoms with Crippen LogP contribution in [0.25, 0.3) is 0 Å². The first-order valence-electron chi connectivity index (χ1n) is 13.0. The van der Waals surface area contributed by atoms with Crippen molar-refractivity contribution < 1.29 is 38.1 Å². The zero-order valence-electron chi connectivity index (χ0n) is 22.7. The van der Waals surface area contributed by atoms with Gasteiger partial charge in [0, 0.05) is 13.5 Å². The molecule has 1 aliphatic rings. The van der Waals surface area contributed by atoms with Gasteiger partial charge in [0.25, 0.3) is 0 Å². The van der Waals surface area contributed by atoms with Crippen LogP contribution < -0.4 is 20.5 Å². The van der Waals surface area contributed by atoms with Gasteiger partial charge in [-0.1, -0.05) is 39.8 Å². The smallest absolute Gasteiger partial charge is 0.331 e. The van der Waals surface area contributed by atoms with Crippen molar-refractivity contribution in [2.45, 2.75) is 78.9 Å². The predicted octanol–water partition coefficient (Wildman–Crippen LogP) is 2.82. The largest absolute Gasteiger partial charge is 0.490 e. The van der Waals surface area contributed by atoms with Gasteiger partial charge in [0.1, 0.15) is 12.6 Å². The second kappa shape index (κ2) is 14.8. The molecule has 1 heterocycles. The van der Waals surface area contributed by atoms with Gasteiger partial charge in [-0.15, -0.1) is 0 Å². The van der Waals surface area contributed by atoms with Crippen LogP contribution in [0.1, 0.15) is 54.4 Å². The Bertz CT molecular complexity index is 891. The fourth-order valence-electron chi connectivity index (χ4n) is 3.81. The van der Waals surface area contributed by atoms with Crippen molar-refractivity contribution in [1.29, 1.82) is 0 Å². The minimum atomic E-state index is -1.12. The topological polar surface area (TPSA) is 135 Å². The molecule has 0 aliphatic carbocycles. The molecular formula is C27H42N2O8. The van der Waals surface area contributed by atoms with Gasteiger partial charge in [-0.3, -0.25) is 9.59 Å². The van der Waals surface area contributed by atoms with Crippen LogP contribution >= 0.6 is 0 Å². The number of nitrogens with one attached hydrogen (secondary N) is 1. The first-order chi connectivity index (χ1) is 17.5. The van der Waals surface area contributed by atoms with Crippen LogP contribution in [-0.2, 0) is 28.6 Å². The monoisotopic (exact) mass is 522 g/mol. The van der Waals surface area contributed by atoms with E-state index in [1.165, 1.54) is 6.92 Å². The molecule has 208 valence electrons. The van der Waals surface area contributed by atoms with E-state index in [1.807, 2.05) is 45.0 Å². The predicted molar refractivity (Wildman–Crippen MR) is 137 cm³/mol. The van der Waals surface area contributed by atoms with Gasteiger partial charge in [0.15, 0.2) is 11.5 Å². The Hall–Kier alpha value is -2.85. The summed E-state index contributed by atoms with van der Waals surface area (Å²) >= 11 is 0. The van der Waals surface area contributed by atoms with E-state index in [0.717, 1.165) is 0 Å². The van der Waals surface area contributed by atoms with Gasteiger partial charge >= 0.3 is 11.9 Å². The van der Waals surface area contributed by atoms with Crippen molar-refractivity contribution in [2.24, 2.45) is 23.5 Å². The first-order valence-corrected chi connectivity index (χ1v) is 13.0. The molecule has 1 fully saturated rings. The van der Waals surface area contributed by atoms with Crippen LogP contribution in [0.5, 0.6) is 11.5 Å². The van der Waals surface area contributed by atoms with Crippen molar-refractivity contribution >= 4 is 17.8 Å². The maximum absolute atomic E-state index is 12.8. The van der Waals surface area contributed by atoms with Crippen LogP contribution in [0.2, 0.25) is 0 Å². The Morgan fingerprint density at radius 2 is 1.68 bits per heavy atom. The lowest BCUT2D eigenvalue weighted by Gasteiger charge is -2.29. The summed E-state index contributed by atoms with van der Waals surface area (Å²) in [4.78, 5) is 37.8. The number of hydrogen-bond acceptors (Lipinski definition) is 9. The minimum Gasteiger partial charge on any atom is -0.490 e. The van der Waals surface area contributed by atoms with Crippen LogP contribution in [0.4, 0.5) is 0 Å². The van der Waals surface area contributed by atoms with Crippen LogP contribution in [0.3, 0.4) is 0 Å². The van der Waals surface area contributed by atoms with E-state index < -0.39 is 42.1 Å². The third-order valence-corrected chi connectivity index (χ3v) is 6.08. The summed E-state index contributed by atoms with van der Waals surface area (Å²) in [6.45, 7) is 11.7. The van der Waals surface area contributed by atoms with Gasteiger partial charge in [0.05, 0.1) is 24.7 Å². The summed E-state index contributed by atoms with van der Waals surface area (Å²) in [5.41, 5.74) is 5.89. The van der Waals surface area contributed by atoms with E-state index in [4.69, 9.17) is 29.4 Å². The highest BCUT2D eigenvalue weighted by atomic mass is 16.7. The number of amides is 1. The molecule has 2 rings (SSSR count). The average molecular weight is 523 g/mol. The van der Waals surface area contributed by atoms with E-state index in [9.17, 15) is 14.4 Å². The van der Waals surface area contributed by atoms with E-state index in [2.05, 4.69) is 5.32 Å². The molecule has 1 aromatic rings. The molecular weight excluding hydrogens is 480 g/mol. The molecule has 37 heavy (non-hydrogen) atoms. The van der Waals surface area contributed by atoms with Crippen LogP contribution in [0.15, 0.2) is 24.3 Å². The van der Waals surface area contributed by atoms with Gasteiger partial charge in [0.2, 0.25) is 12.2 Å². The molecule has 5 atom stereocenters. The van der Waals surface area contributed by atoms with Crippen molar-refractivity contribution in [3.63, 3.8) is 0 Å². The number of benzene rings is 1. The molecule has 0 radical (unpaired) electrons. The van der Waals surface area contributed by atoms with Crippen LogP contribution in [-0.4, -0.2) is 62.1 Å². The van der Waals surface area contributed by atoms with Gasteiger partial charge in [-0.2, -0.15) is 0 Å². The molecule has 10 nitrogen and oxygen atoms in total. The Kier molecular flexibility index (Phi) is 12.1. The molecule has 3 N–H and O–H groups in total. The number of para-hydroxylation sites is 2. The zero-order valence-corrected chi connectivity index (χ0v) is 22.7. The lowest BCUT2D eigenvalue weighted by molar-refractivity contribution is -0.192. The fourth-order valence-corrected chi connectivity index (χ4v) is 3.81. The molecule has 0 saturated carbocycles. The molecule has 1 saturated heterocycles. The third kappa shape index (κ3) is 9.51. The highest BCUT2D eigenvalue weighted by molar-refractivity contribution is 5.87. The summed E-state index contributed by atoms with van der Waals surface area (Å²) in [6.07, 6.45) is -0.519. The Morgan fingerprint density at radius 3 is 2.27 bits per heavy atom. The molecule has 0 aromatic heterocycles. The number of carbonyl (C=O) groups excluding carboxylic acids is 3. The summed E-state index contributed by atoms with van der Waals surface area (Å²) in [5.74, 6) is -1.10. The van der Waals surface area contributed by atoms with E-state index >= 15 is 0 Å². The summed E-state index contributed by atoms with van der Waals surface area (Å²) < 4.78 is 28.0. The molecule has 10 heteroatoms. The van der Waals surface area contributed by atoms with E-state index in [-0.39, 0.29) is 24.5 Å². The molecule has 1 amide bonds. The van der Waals surface area contributed by atoms with Gasteiger partial charge < -0.3 is 34.7 Å². The summed E-state index contributed by atoms with van der Waals surface area (Å²) in [5, 5.41) is 2.65. The van der Waals surface area contributed by atoms with Crippen molar-refractivity contribution in [3.05, 3.63) is 24.3 Å². The number of hydrogen-bond donors (Lipinski definition) is 2. The lowest BCUT2D eigenvalue weighted by atomic mass is 9.96. The average Bonchev–Trinajstić information content (AvgIpc) is 2.86. The number of rotatable bonds is 13. The SMILES string of the molecule is CCOc1ccccc1OCC1CC(C(=O)OC(C)OC(=O)C(NC(=O)[C@@H](N)C(C)C)C(C)C)CCO1. The Labute approximate surface area is 219 Å². The normalized spacial score (nSPS) is 20.0. The molecule has 1 aliphatic heterocycles. The van der Waals surface area contributed by atoms with E-state index in [1.54, 1.807) is 13.8 Å². The fraction of sp³-hybridized carbons (Fsp3) is 0.667. The highest BCUT2D eigenvalue weighted by Crippen LogP contribution is 2.28. The van der Waals surface area contributed by atoms with Gasteiger partial charge in [-0.25, -0.2) is 4.79 Å². The second-order valence-corrected chi connectivity index (χ2v) is 9.85. The molecule has 1 aromatic carbocycles. The lowest BCUT2D eigenvalue weighted by Crippen LogP contribution is -2.53. The Balaban J connectivity index is 1.87. The number of esters is 2. The molecule has 0 bridgehead atoms. The van der Waals surface area contributed by atoms with Crippen molar-refractivity contribution in [1.82, 2.24) is 5.32 Å². The Morgan fingerprint density at radius 1 is 1.03 bits per heavy atom. The third-order valence-electron chi connectivity index (χ3n) is 6.08. The number of carbonyl (C=O) groups is 3. The molecule has 0 spiro atoms. The minimum absolute atomic E-state index is 0.0863. The standard InChI is InChI=1S/C27H42N2O8/c1-7-33-21-10-8-9-11-22(21)35-15-20-14-19(12-13-34-20)26(31)36-18(6)37-27(32)24(17(4)5)29-25(30)23(28)16(2)3/h8-11,16-20,23-24H,7,12-15,28H2,1-6H3,(H,29,30)/t18?,19?,20?,23-,24?/m0/s1. The highest BCUT2D eigenvalue weighted by Gasteiger charge is 2.33. The second-order valence-electron chi connectivity index (χ2n) is 9.85. The van der Waals surface area contributed by atoms with Crippen molar-refractivity contribution in [2.75, 3.05) is 19.8 Å². The summed E-state index contributed by atoms with van der Waals surface area (Å²) in [6, 6.07) is 5.71. The quantitative estimate of drug-likeness (QED) is 0.296. The molecule has 4 unspecified atom stereocenters. The number of ether oxygens (including phenoxy) is 5. The first kappa shape index (κ1) is 30.4. The van der Waals surface area contributed by atoms with Crippen molar-refractivity contribution in [3.8, 4) is 11.5 Å². The van der Waals surface area contributed by atoms with Gasteiger partial charge in [-0.05, 0) is 43.7 Å². The number of nitrogens with two attached hydrogens (primary N) is 1. The van der Waals surface area contributed by atoms with Crippen LogP contribution in [0, 0.1) is 17.8 Å².